The summed E-state index contributed by atoms with van der Waals surface area (Å²) in [5, 5.41) is 6.04. The minimum Gasteiger partial charge on any atom is -0.482 e. The molecule has 1 saturated heterocycles. The molecule has 6 heteroatoms. The summed E-state index contributed by atoms with van der Waals surface area (Å²) >= 11 is 0. The fraction of sp³-hybridized carbons (Fsp3) is 0.462. The van der Waals surface area contributed by atoms with E-state index in [0.29, 0.717) is 18.0 Å². The number of fused-ring (bicyclic) bond motifs is 1. The summed E-state index contributed by atoms with van der Waals surface area (Å²) in [6, 6.07) is 5.38. The highest BCUT2D eigenvalue weighted by Crippen LogP contribution is 2.31. The minimum atomic E-state index is -0.225. The van der Waals surface area contributed by atoms with Crippen molar-refractivity contribution in [1.82, 2.24) is 5.32 Å². The van der Waals surface area contributed by atoms with E-state index in [1.807, 2.05) is 18.2 Å². The number of carbonyl (C=O) groups excluding carboxylic acids is 1. The number of anilines is 1. The van der Waals surface area contributed by atoms with Crippen LogP contribution in [0.15, 0.2) is 18.2 Å². The van der Waals surface area contributed by atoms with Crippen LogP contribution in [-0.4, -0.2) is 38.3 Å². The first kappa shape index (κ1) is 12.4. The van der Waals surface area contributed by atoms with Gasteiger partial charge in [0.05, 0.1) is 24.4 Å². The average Bonchev–Trinajstić information content (AvgIpc) is 2.46. The van der Waals surface area contributed by atoms with Gasteiger partial charge in [0.1, 0.15) is 5.75 Å². The Hall–Kier alpha value is -1.63. The lowest BCUT2D eigenvalue weighted by Gasteiger charge is -2.29. The fourth-order valence-corrected chi connectivity index (χ4v) is 2.34. The van der Waals surface area contributed by atoms with Gasteiger partial charge in [0.25, 0.3) is 5.91 Å². The minimum absolute atomic E-state index is 0.0491. The quantitative estimate of drug-likeness (QED) is 0.699. The molecule has 0 bridgehead atoms. The van der Waals surface area contributed by atoms with Gasteiger partial charge in [0.15, 0.2) is 6.61 Å². The Morgan fingerprint density at radius 2 is 2.32 bits per heavy atom. The Morgan fingerprint density at radius 1 is 1.42 bits per heavy atom. The van der Waals surface area contributed by atoms with Crippen molar-refractivity contribution in [2.75, 3.05) is 31.6 Å². The third kappa shape index (κ3) is 2.56. The molecule has 1 aromatic carbocycles. The maximum absolute atomic E-state index is 11.3. The second kappa shape index (κ2) is 5.16. The summed E-state index contributed by atoms with van der Waals surface area (Å²) in [4.78, 5) is 11.3. The molecule has 2 aliphatic heterocycles. The van der Waals surface area contributed by atoms with Gasteiger partial charge in [-0.25, -0.2) is 0 Å². The molecule has 1 amide bonds. The van der Waals surface area contributed by atoms with Crippen LogP contribution in [-0.2, 0) is 9.53 Å². The van der Waals surface area contributed by atoms with Gasteiger partial charge >= 0.3 is 0 Å². The molecule has 1 fully saturated rings. The Morgan fingerprint density at radius 3 is 3.11 bits per heavy atom. The zero-order chi connectivity index (χ0) is 13.2. The van der Waals surface area contributed by atoms with Crippen molar-refractivity contribution < 1.29 is 14.3 Å². The molecule has 1 aromatic rings. The van der Waals surface area contributed by atoms with E-state index >= 15 is 0 Å². The maximum Gasteiger partial charge on any atom is 0.262 e. The van der Waals surface area contributed by atoms with E-state index < -0.39 is 0 Å². The van der Waals surface area contributed by atoms with Crippen LogP contribution < -0.4 is 21.1 Å². The largest absolute Gasteiger partial charge is 0.482 e. The summed E-state index contributed by atoms with van der Waals surface area (Å²) in [7, 11) is 0. The molecule has 2 aliphatic rings. The Balaban J connectivity index is 1.80. The van der Waals surface area contributed by atoms with Crippen LogP contribution in [0.5, 0.6) is 5.75 Å². The number of ether oxygens (including phenoxy) is 2. The van der Waals surface area contributed by atoms with Gasteiger partial charge in [0.2, 0.25) is 0 Å². The second-order valence-corrected chi connectivity index (χ2v) is 4.73. The first-order valence-electron chi connectivity index (χ1n) is 6.38. The Kier molecular flexibility index (Phi) is 3.37. The van der Waals surface area contributed by atoms with Crippen molar-refractivity contribution in [3.05, 3.63) is 23.8 Å². The van der Waals surface area contributed by atoms with Crippen molar-refractivity contribution in [3.63, 3.8) is 0 Å². The van der Waals surface area contributed by atoms with Crippen LogP contribution in [0.1, 0.15) is 11.6 Å². The molecule has 0 aliphatic carbocycles. The molecule has 3 rings (SSSR count). The summed E-state index contributed by atoms with van der Waals surface area (Å²) < 4.78 is 11.0. The van der Waals surface area contributed by atoms with Gasteiger partial charge in [0, 0.05) is 13.1 Å². The SMILES string of the molecule is NC(c1ccc2c(c1)NC(=O)CO2)C1CNCCO1. The summed E-state index contributed by atoms with van der Waals surface area (Å²) in [5.41, 5.74) is 7.82. The molecule has 6 nitrogen and oxygen atoms in total. The second-order valence-electron chi connectivity index (χ2n) is 4.73. The van der Waals surface area contributed by atoms with Crippen molar-refractivity contribution in [1.29, 1.82) is 0 Å². The number of morpholine rings is 1. The molecule has 0 spiro atoms. The highest BCUT2D eigenvalue weighted by Gasteiger charge is 2.24. The smallest absolute Gasteiger partial charge is 0.262 e. The Bertz CT molecular complexity index is 486. The molecule has 2 unspecified atom stereocenters. The first-order chi connectivity index (χ1) is 9.24. The van der Waals surface area contributed by atoms with E-state index in [9.17, 15) is 4.79 Å². The molecular weight excluding hydrogens is 246 g/mol. The van der Waals surface area contributed by atoms with Crippen LogP contribution in [0.3, 0.4) is 0 Å². The highest BCUT2D eigenvalue weighted by atomic mass is 16.5. The van der Waals surface area contributed by atoms with Crippen LogP contribution in [0.4, 0.5) is 5.69 Å². The fourth-order valence-electron chi connectivity index (χ4n) is 2.34. The number of amides is 1. The van der Waals surface area contributed by atoms with Gasteiger partial charge in [-0.15, -0.1) is 0 Å². The maximum atomic E-state index is 11.3. The van der Waals surface area contributed by atoms with Crippen LogP contribution in [0, 0.1) is 0 Å². The van der Waals surface area contributed by atoms with Gasteiger partial charge in [-0.05, 0) is 17.7 Å². The monoisotopic (exact) mass is 263 g/mol. The zero-order valence-corrected chi connectivity index (χ0v) is 10.5. The lowest BCUT2D eigenvalue weighted by Crippen LogP contribution is -2.44. The number of nitrogens with two attached hydrogens (primary N) is 1. The topological polar surface area (TPSA) is 85.6 Å². The van der Waals surface area contributed by atoms with Crippen LogP contribution in [0.25, 0.3) is 0 Å². The molecule has 0 radical (unpaired) electrons. The van der Waals surface area contributed by atoms with Crippen molar-refractivity contribution in [2.45, 2.75) is 12.1 Å². The number of hydrogen-bond donors (Lipinski definition) is 3. The van der Waals surface area contributed by atoms with Crippen LogP contribution >= 0.6 is 0 Å². The van der Waals surface area contributed by atoms with E-state index in [-0.39, 0.29) is 24.7 Å². The molecule has 2 atom stereocenters. The average molecular weight is 263 g/mol. The van der Waals surface area contributed by atoms with E-state index in [1.165, 1.54) is 0 Å². The number of benzene rings is 1. The molecule has 19 heavy (non-hydrogen) atoms. The number of hydrogen-bond acceptors (Lipinski definition) is 5. The number of nitrogens with one attached hydrogen (secondary N) is 2. The standard InChI is InChI=1S/C13H17N3O3/c14-13(11-6-15-3-4-18-11)8-1-2-10-9(5-8)16-12(17)7-19-10/h1-2,5,11,13,15H,3-4,6-7,14H2,(H,16,17). The molecule has 2 heterocycles. The zero-order valence-electron chi connectivity index (χ0n) is 10.5. The van der Waals surface area contributed by atoms with Gasteiger partial charge in [-0.2, -0.15) is 0 Å². The number of rotatable bonds is 2. The predicted molar refractivity (Wildman–Crippen MR) is 70.1 cm³/mol. The normalized spacial score (nSPS) is 24.1. The Labute approximate surface area is 111 Å². The van der Waals surface area contributed by atoms with E-state index in [4.69, 9.17) is 15.2 Å². The third-order valence-corrected chi connectivity index (χ3v) is 3.38. The van der Waals surface area contributed by atoms with E-state index in [2.05, 4.69) is 10.6 Å². The van der Waals surface area contributed by atoms with E-state index in [1.54, 1.807) is 0 Å². The predicted octanol–water partition coefficient (Wildman–Crippen LogP) is 0.00570. The van der Waals surface area contributed by atoms with Crippen molar-refractivity contribution in [2.24, 2.45) is 5.73 Å². The van der Waals surface area contributed by atoms with Crippen molar-refractivity contribution in [3.8, 4) is 5.75 Å². The summed E-state index contributed by atoms with van der Waals surface area (Å²) in [6.07, 6.45) is -0.0491. The van der Waals surface area contributed by atoms with Gasteiger partial charge in [-0.1, -0.05) is 6.07 Å². The van der Waals surface area contributed by atoms with Crippen molar-refractivity contribution >= 4 is 11.6 Å². The lowest BCUT2D eigenvalue weighted by atomic mass is 10.0. The highest BCUT2D eigenvalue weighted by molar-refractivity contribution is 5.95. The van der Waals surface area contributed by atoms with Crippen LogP contribution in [0.2, 0.25) is 0 Å². The molecule has 0 saturated carbocycles. The van der Waals surface area contributed by atoms with Gasteiger partial charge in [-0.3, -0.25) is 4.79 Å². The first-order valence-corrected chi connectivity index (χ1v) is 6.38. The molecular formula is C13H17N3O3. The lowest BCUT2D eigenvalue weighted by molar-refractivity contribution is -0.118. The number of carbonyl (C=O) groups is 1. The molecule has 0 aromatic heterocycles. The molecule has 102 valence electrons. The third-order valence-electron chi connectivity index (χ3n) is 3.38. The summed E-state index contributed by atoms with van der Waals surface area (Å²) in [5.74, 6) is 0.534. The summed E-state index contributed by atoms with van der Waals surface area (Å²) in [6.45, 7) is 2.33. The molecule has 4 N–H and O–H groups in total. The van der Waals surface area contributed by atoms with Gasteiger partial charge < -0.3 is 25.8 Å². The van der Waals surface area contributed by atoms with E-state index in [0.717, 1.165) is 18.7 Å².